The number of amides is 2. The predicted molar refractivity (Wildman–Crippen MR) is 172 cm³/mol. The Labute approximate surface area is 271 Å². The molecule has 5 N–H and O–H groups in total. The number of hydrogen-bond donors (Lipinski definition) is 5. The number of hydrogen-bond acceptors (Lipinski definition) is 7. The van der Waals surface area contributed by atoms with Crippen LogP contribution in [0.25, 0.3) is 10.4 Å². The van der Waals surface area contributed by atoms with E-state index in [9.17, 15) is 28.2 Å². The molecule has 4 aliphatic carbocycles. The second-order valence-corrected chi connectivity index (χ2v) is 16.5. The fourth-order valence-corrected chi connectivity index (χ4v) is 10.6. The van der Waals surface area contributed by atoms with Gasteiger partial charge in [-0.25, -0.2) is 0 Å². The number of carbonyl (C=O) groups is 2. The zero-order valence-corrected chi connectivity index (χ0v) is 27.8. The van der Waals surface area contributed by atoms with E-state index in [0.29, 0.717) is 30.5 Å². The molecule has 0 spiro atoms. The number of azide groups is 1. The molecule has 13 heteroatoms. The van der Waals surface area contributed by atoms with Crippen LogP contribution >= 0.6 is 0 Å². The van der Waals surface area contributed by atoms with Crippen molar-refractivity contribution in [1.29, 1.82) is 0 Å². The van der Waals surface area contributed by atoms with E-state index in [-0.39, 0.29) is 77.8 Å². The number of nitrogens with zero attached hydrogens (tertiary/aromatic N) is 3. The summed E-state index contributed by atoms with van der Waals surface area (Å²) >= 11 is 0. The second-order valence-electron chi connectivity index (χ2n) is 14.9. The van der Waals surface area contributed by atoms with Crippen LogP contribution in [0, 0.1) is 46.3 Å². The van der Waals surface area contributed by atoms with Gasteiger partial charge in [0.15, 0.2) is 0 Å². The van der Waals surface area contributed by atoms with E-state index in [1.807, 2.05) is 0 Å². The summed E-state index contributed by atoms with van der Waals surface area (Å²) in [6.45, 7) is 6.52. The summed E-state index contributed by atoms with van der Waals surface area (Å²) in [6.07, 6.45) is 5.48. The Kier molecular flexibility index (Phi) is 10.1. The Morgan fingerprint density at radius 1 is 1.09 bits per heavy atom. The SMILES string of the molecule is C[C@H](CCC(=O)NCCS(=O)(=O)O)[C@H]1CCC2C3C(NC(=O)c4ccc(N=[N+]=[N-])cc4)C[C@@H]4C[C@H](O)CC[C@]4(C)C3C[C@H](O)[C@@]21C. The van der Waals surface area contributed by atoms with Gasteiger partial charge in [0.2, 0.25) is 5.91 Å². The van der Waals surface area contributed by atoms with Crippen molar-refractivity contribution in [2.75, 3.05) is 12.3 Å². The minimum absolute atomic E-state index is 0.0474. The van der Waals surface area contributed by atoms with Gasteiger partial charge >= 0.3 is 0 Å². The zero-order chi connectivity index (χ0) is 33.4. The molecule has 2 amide bonds. The van der Waals surface area contributed by atoms with E-state index < -0.39 is 27.4 Å². The van der Waals surface area contributed by atoms with E-state index in [2.05, 4.69) is 41.4 Å². The standard InChI is InChI=1S/C33H49N5O7S/c1-19(4-11-29(41)35-14-15-46(43,44)45)24-9-10-25-30-26(18-28(40)33(24,25)3)32(2)13-12-23(39)16-21(32)17-27(30)36-31(42)20-5-7-22(8-6-20)37-38-34/h5-8,19,21,23-28,30,39-40H,4,9-18H2,1-3H3,(H,35,41)(H,36,42)(H,43,44,45)/t19-,21+,23-,24-,25?,26?,27?,28+,30?,32+,33-/m1/s1. The van der Waals surface area contributed by atoms with E-state index >= 15 is 0 Å². The molecule has 5 rings (SSSR count). The van der Waals surface area contributed by atoms with Gasteiger partial charge in [0.1, 0.15) is 0 Å². The van der Waals surface area contributed by atoms with Gasteiger partial charge in [-0.15, -0.1) is 0 Å². The first-order chi connectivity index (χ1) is 21.7. The number of aliphatic hydroxyl groups excluding tert-OH is 2. The van der Waals surface area contributed by atoms with Crippen LogP contribution in [0.3, 0.4) is 0 Å². The van der Waals surface area contributed by atoms with Crippen molar-refractivity contribution in [3.05, 3.63) is 40.3 Å². The van der Waals surface area contributed by atoms with Gasteiger partial charge < -0.3 is 20.8 Å². The number of rotatable bonds is 10. The largest absolute Gasteiger partial charge is 0.393 e. The van der Waals surface area contributed by atoms with Crippen molar-refractivity contribution >= 4 is 27.6 Å². The number of benzene rings is 1. The molecular weight excluding hydrogens is 610 g/mol. The molecule has 11 atom stereocenters. The van der Waals surface area contributed by atoms with Crippen molar-refractivity contribution < 1.29 is 32.8 Å². The topological polar surface area (TPSA) is 202 Å². The Balaban J connectivity index is 1.36. The summed E-state index contributed by atoms with van der Waals surface area (Å²) in [5.74, 6) is 0.0526. The van der Waals surface area contributed by atoms with Crippen LogP contribution in [0.4, 0.5) is 5.69 Å². The van der Waals surface area contributed by atoms with E-state index in [1.165, 1.54) is 0 Å². The van der Waals surface area contributed by atoms with Crippen LogP contribution in [0.1, 0.15) is 88.9 Å². The Morgan fingerprint density at radius 3 is 2.48 bits per heavy atom. The minimum Gasteiger partial charge on any atom is -0.393 e. The highest BCUT2D eigenvalue weighted by Gasteiger charge is 2.66. The second kappa shape index (κ2) is 13.4. The monoisotopic (exact) mass is 659 g/mol. The molecule has 4 saturated carbocycles. The van der Waals surface area contributed by atoms with Crippen LogP contribution in [0.15, 0.2) is 29.4 Å². The highest BCUT2D eigenvalue weighted by atomic mass is 32.2. The van der Waals surface area contributed by atoms with Crippen molar-refractivity contribution in [3.8, 4) is 0 Å². The predicted octanol–water partition coefficient (Wildman–Crippen LogP) is 4.75. The molecule has 12 nitrogen and oxygen atoms in total. The van der Waals surface area contributed by atoms with E-state index in [1.54, 1.807) is 24.3 Å². The van der Waals surface area contributed by atoms with Gasteiger partial charge in [-0.05, 0) is 115 Å². The van der Waals surface area contributed by atoms with Crippen LogP contribution in [-0.2, 0) is 14.9 Å². The van der Waals surface area contributed by atoms with Crippen molar-refractivity contribution in [2.24, 2.45) is 51.5 Å². The first kappa shape index (κ1) is 34.6. The summed E-state index contributed by atoms with van der Waals surface area (Å²) in [4.78, 5) is 28.9. The molecule has 46 heavy (non-hydrogen) atoms. The number of carbonyl (C=O) groups excluding carboxylic acids is 2. The molecule has 0 aliphatic heterocycles. The Hall–Kier alpha value is -2.70. The molecule has 0 heterocycles. The van der Waals surface area contributed by atoms with Crippen molar-refractivity contribution in [3.63, 3.8) is 0 Å². The first-order valence-corrected chi connectivity index (χ1v) is 18.3. The Morgan fingerprint density at radius 2 is 1.80 bits per heavy atom. The van der Waals surface area contributed by atoms with E-state index in [0.717, 1.165) is 32.1 Å². The van der Waals surface area contributed by atoms with Gasteiger partial charge in [0.25, 0.3) is 16.0 Å². The molecule has 0 radical (unpaired) electrons. The normalized spacial score (nSPS) is 37.5. The summed E-state index contributed by atoms with van der Waals surface area (Å²) in [5, 5.41) is 32.2. The van der Waals surface area contributed by atoms with E-state index in [4.69, 9.17) is 10.1 Å². The third kappa shape index (κ3) is 6.80. The highest BCUT2D eigenvalue weighted by molar-refractivity contribution is 7.85. The van der Waals surface area contributed by atoms with Crippen LogP contribution in [-0.4, -0.2) is 65.5 Å². The molecule has 1 aromatic rings. The number of aliphatic hydroxyl groups is 2. The minimum atomic E-state index is -4.14. The van der Waals surface area contributed by atoms with Crippen molar-refractivity contribution in [1.82, 2.24) is 10.6 Å². The van der Waals surface area contributed by atoms with Crippen LogP contribution in [0.5, 0.6) is 0 Å². The molecule has 0 bridgehead atoms. The average molecular weight is 660 g/mol. The third-order valence-electron chi connectivity index (χ3n) is 12.7. The highest BCUT2D eigenvalue weighted by Crippen LogP contribution is 2.68. The van der Waals surface area contributed by atoms with Crippen LogP contribution < -0.4 is 10.6 Å². The molecule has 4 unspecified atom stereocenters. The lowest BCUT2D eigenvalue weighted by atomic mass is 9.42. The van der Waals surface area contributed by atoms with Gasteiger partial charge in [-0.3, -0.25) is 14.1 Å². The molecule has 0 aromatic heterocycles. The maximum atomic E-state index is 13.7. The Bertz CT molecular complexity index is 1450. The van der Waals surface area contributed by atoms with Crippen LogP contribution in [0.2, 0.25) is 0 Å². The number of nitrogens with one attached hydrogen (secondary N) is 2. The first-order valence-electron chi connectivity index (χ1n) is 16.7. The molecule has 0 saturated heterocycles. The summed E-state index contributed by atoms with van der Waals surface area (Å²) in [7, 11) is -4.14. The summed E-state index contributed by atoms with van der Waals surface area (Å²) < 4.78 is 30.9. The quantitative estimate of drug-likeness (QED) is 0.103. The number of fused-ring (bicyclic) bond motifs is 5. The summed E-state index contributed by atoms with van der Waals surface area (Å²) in [6, 6.07) is 6.44. The maximum Gasteiger partial charge on any atom is 0.266 e. The zero-order valence-electron chi connectivity index (χ0n) is 27.0. The lowest BCUT2D eigenvalue weighted by Gasteiger charge is -2.64. The molecule has 4 aliphatic rings. The molecule has 254 valence electrons. The average Bonchev–Trinajstić information content (AvgIpc) is 3.35. The lowest BCUT2D eigenvalue weighted by Crippen LogP contribution is -2.65. The molecule has 4 fully saturated rings. The van der Waals surface area contributed by atoms with Gasteiger partial charge in [0, 0.05) is 35.2 Å². The van der Waals surface area contributed by atoms with Gasteiger partial charge in [-0.2, -0.15) is 8.42 Å². The fraction of sp³-hybridized carbons (Fsp3) is 0.758. The third-order valence-corrected chi connectivity index (χ3v) is 13.4. The van der Waals surface area contributed by atoms with Crippen molar-refractivity contribution in [2.45, 2.75) is 96.8 Å². The van der Waals surface area contributed by atoms with Gasteiger partial charge in [0.05, 0.1) is 18.0 Å². The lowest BCUT2D eigenvalue weighted by molar-refractivity contribution is -0.182. The molecular formula is C33H49N5O7S. The van der Waals surface area contributed by atoms with Gasteiger partial charge in [-0.1, -0.05) is 38.0 Å². The summed E-state index contributed by atoms with van der Waals surface area (Å²) in [5.41, 5.74) is 9.20. The maximum absolute atomic E-state index is 13.7. The fourth-order valence-electron chi connectivity index (χ4n) is 10.3. The molecule has 1 aromatic carbocycles. The smallest absolute Gasteiger partial charge is 0.266 e.